The monoisotopic (exact) mass is 453 g/mol. The van der Waals surface area contributed by atoms with Crippen LogP contribution in [-0.4, -0.2) is 75.0 Å². The zero-order chi connectivity index (χ0) is 17.2. The molecule has 7 heteroatoms. The van der Waals surface area contributed by atoms with Gasteiger partial charge in [-0.15, -0.1) is 24.0 Å². The number of likely N-dealkylation sites (tertiary alicyclic amines) is 1. The van der Waals surface area contributed by atoms with E-state index in [1.54, 1.807) is 19.0 Å². The lowest BCUT2D eigenvalue weighted by Gasteiger charge is -2.35. The molecule has 1 saturated heterocycles. The fourth-order valence-corrected chi connectivity index (χ4v) is 3.11. The van der Waals surface area contributed by atoms with Crippen molar-refractivity contribution in [1.82, 2.24) is 20.4 Å². The third-order valence-electron chi connectivity index (χ3n) is 4.10. The maximum atomic E-state index is 11.6. The summed E-state index contributed by atoms with van der Waals surface area (Å²) in [6, 6.07) is 0. The summed E-state index contributed by atoms with van der Waals surface area (Å²) in [7, 11) is 3.50. The number of carbonyl (C=O) groups is 1. The number of hydrogen-bond acceptors (Lipinski definition) is 3. The van der Waals surface area contributed by atoms with E-state index in [0.717, 1.165) is 43.9 Å². The Morgan fingerprint density at radius 2 is 1.83 bits per heavy atom. The van der Waals surface area contributed by atoms with Gasteiger partial charge in [0.1, 0.15) is 6.54 Å². The standard InChI is InChI=1S/C17H35N5O.HI/c1-6-18-17(20-11-16(23)21(4)5)19-8-7-9-22-12-14(2)10-15(3)13-22;/h14-15H,6-13H2,1-5H3,(H2,18,19,20);1H. The molecule has 142 valence electrons. The molecule has 0 aromatic rings. The lowest BCUT2D eigenvalue weighted by Crippen LogP contribution is -2.42. The third-order valence-corrected chi connectivity index (χ3v) is 4.10. The smallest absolute Gasteiger partial charge is 0.243 e. The van der Waals surface area contributed by atoms with E-state index in [9.17, 15) is 4.79 Å². The second kappa shape index (κ2) is 12.7. The molecule has 0 aliphatic carbocycles. The minimum Gasteiger partial charge on any atom is -0.357 e. The van der Waals surface area contributed by atoms with Crippen LogP contribution in [-0.2, 0) is 4.79 Å². The number of piperidine rings is 1. The summed E-state index contributed by atoms with van der Waals surface area (Å²) in [5.41, 5.74) is 0. The third kappa shape index (κ3) is 9.66. The average molecular weight is 453 g/mol. The maximum absolute atomic E-state index is 11.6. The molecule has 1 fully saturated rings. The van der Waals surface area contributed by atoms with E-state index in [1.807, 2.05) is 6.92 Å². The second-order valence-electron chi connectivity index (χ2n) is 6.97. The van der Waals surface area contributed by atoms with Crippen molar-refractivity contribution in [3.8, 4) is 0 Å². The van der Waals surface area contributed by atoms with E-state index in [-0.39, 0.29) is 36.4 Å². The van der Waals surface area contributed by atoms with Gasteiger partial charge in [-0.2, -0.15) is 0 Å². The number of halogens is 1. The van der Waals surface area contributed by atoms with Crippen LogP contribution in [0.4, 0.5) is 0 Å². The number of guanidine groups is 1. The van der Waals surface area contributed by atoms with Crippen molar-refractivity contribution in [1.29, 1.82) is 0 Å². The number of amides is 1. The van der Waals surface area contributed by atoms with Crippen LogP contribution in [0.15, 0.2) is 4.99 Å². The van der Waals surface area contributed by atoms with Gasteiger partial charge >= 0.3 is 0 Å². The first-order valence-corrected chi connectivity index (χ1v) is 8.87. The molecule has 0 bridgehead atoms. The summed E-state index contributed by atoms with van der Waals surface area (Å²) < 4.78 is 0. The molecule has 1 rings (SSSR count). The van der Waals surface area contributed by atoms with Crippen LogP contribution in [0.25, 0.3) is 0 Å². The van der Waals surface area contributed by atoms with Crippen molar-refractivity contribution < 1.29 is 4.79 Å². The summed E-state index contributed by atoms with van der Waals surface area (Å²) in [6.45, 7) is 12.1. The number of aliphatic imine (C=N–C) groups is 1. The number of rotatable bonds is 7. The Morgan fingerprint density at radius 1 is 1.21 bits per heavy atom. The first-order chi connectivity index (χ1) is 10.9. The van der Waals surface area contributed by atoms with Crippen LogP contribution in [0.5, 0.6) is 0 Å². The molecule has 0 radical (unpaired) electrons. The molecule has 0 spiro atoms. The summed E-state index contributed by atoms with van der Waals surface area (Å²) in [5, 5.41) is 6.50. The van der Waals surface area contributed by atoms with Crippen LogP contribution < -0.4 is 10.6 Å². The zero-order valence-corrected chi connectivity index (χ0v) is 18.3. The van der Waals surface area contributed by atoms with Crippen molar-refractivity contribution in [2.75, 3.05) is 53.4 Å². The highest BCUT2D eigenvalue weighted by Gasteiger charge is 2.20. The Bertz CT molecular complexity index is 379. The van der Waals surface area contributed by atoms with Crippen LogP contribution in [0.2, 0.25) is 0 Å². The Morgan fingerprint density at radius 3 is 2.38 bits per heavy atom. The quantitative estimate of drug-likeness (QED) is 0.266. The van der Waals surface area contributed by atoms with Gasteiger partial charge in [0.25, 0.3) is 0 Å². The molecule has 0 aromatic carbocycles. The number of likely N-dealkylation sites (N-methyl/N-ethyl adjacent to an activating group) is 1. The van der Waals surface area contributed by atoms with Crippen LogP contribution >= 0.6 is 24.0 Å². The highest BCUT2D eigenvalue weighted by molar-refractivity contribution is 14.0. The highest BCUT2D eigenvalue weighted by atomic mass is 127. The molecule has 1 aliphatic heterocycles. The summed E-state index contributed by atoms with van der Waals surface area (Å²) >= 11 is 0. The molecular formula is C17H36IN5O. The number of hydrogen-bond donors (Lipinski definition) is 2. The van der Waals surface area contributed by atoms with Crippen LogP contribution in [0.1, 0.15) is 33.6 Å². The Labute approximate surface area is 164 Å². The number of nitrogens with one attached hydrogen (secondary N) is 2. The Hall–Kier alpha value is -0.570. The summed E-state index contributed by atoms with van der Waals surface area (Å²) in [6.07, 6.45) is 2.44. The van der Waals surface area contributed by atoms with Gasteiger partial charge in [-0.1, -0.05) is 13.8 Å². The van der Waals surface area contributed by atoms with Crippen molar-refractivity contribution in [3.05, 3.63) is 0 Å². The predicted octanol–water partition coefficient (Wildman–Crippen LogP) is 1.62. The lowest BCUT2D eigenvalue weighted by molar-refractivity contribution is -0.127. The SMILES string of the molecule is CCNC(=NCC(=O)N(C)C)NCCCN1CC(C)CC(C)C1.I. The first kappa shape index (κ1) is 23.4. The molecule has 1 aliphatic rings. The predicted molar refractivity (Wildman–Crippen MR) is 112 cm³/mol. The lowest BCUT2D eigenvalue weighted by atomic mass is 9.92. The first-order valence-electron chi connectivity index (χ1n) is 8.87. The topological polar surface area (TPSA) is 60.0 Å². The molecule has 0 saturated carbocycles. The molecule has 24 heavy (non-hydrogen) atoms. The fraction of sp³-hybridized carbons (Fsp3) is 0.882. The van der Waals surface area contributed by atoms with E-state index < -0.39 is 0 Å². The number of nitrogens with zero attached hydrogens (tertiary/aromatic N) is 3. The van der Waals surface area contributed by atoms with Gasteiger partial charge in [-0.05, 0) is 38.1 Å². The fourth-order valence-electron chi connectivity index (χ4n) is 3.11. The molecule has 2 N–H and O–H groups in total. The molecular weight excluding hydrogens is 417 g/mol. The van der Waals surface area contributed by atoms with Crippen molar-refractivity contribution in [2.45, 2.75) is 33.6 Å². The van der Waals surface area contributed by atoms with E-state index in [4.69, 9.17) is 0 Å². The van der Waals surface area contributed by atoms with Gasteiger partial charge in [-0.3, -0.25) is 4.79 Å². The van der Waals surface area contributed by atoms with Gasteiger partial charge in [0.2, 0.25) is 5.91 Å². The average Bonchev–Trinajstić information content (AvgIpc) is 2.47. The highest BCUT2D eigenvalue weighted by Crippen LogP contribution is 2.20. The molecule has 6 nitrogen and oxygen atoms in total. The minimum absolute atomic E-state index is 0. The van der Waals surface area contributed by atoms with E-state index >= 15 is 0 Å². The normalized spacial score (nSPS) is 21.8. The maximum Gasteiger partial charge on any atom is 0.243 e. The molecule has 2 unspecified atom stereocenters. The summed E-state index contributed by atoms with van der Waals surface area (Å²) in [5.74, 6) is 2.35. The largest absolute Gasteiger partial charge is 0.357 e. The van der Waals surface area contributed by atoms with Gasteiger partial charge < -0.3 is 20.4 Å². The zero-order valence-electron chi connectivity index (χ0n) is 16.0. The van der Waals surface area contributed by atoms with Crippen molar-refractivity contribution in [2.24, 2.45) is 16.8 Å². The second-order valence-corrected chi connectivity index (χ2v) is 6.97. The van der Waals surface area contributed by atoms with Gasteiger partial charge in [0.15, 0.2) is 5.96 Å². The van der Waals surface area contributed by atoms with Crippen LogP contribution in [0.3, 0.4) is 0 Å². The molecule has 0 aromatic heterocycles. The van der Waals surface area contributed by atoms with Crippen LogP contribution in [0, 0.1) is 11.8 Å². The number of carbonyl (C=O) groups excluding carboxylic acids is 1. The molecule has 2 atom stereocenters. The Kier molecular flexibility index (Phi) is 12.4. The van der Waals surface area contributed by atoms with Crippen molar-refractivity contribution in [3.63, 3.8) is 0 Å². The van der Waals surface area contributed by atoms with Gasteiger partial charge in [0, 0.05) is 40.3 Å². The minimum atomic E-state index is 0. The van der Waals surface area contributed by atoms with Gasteiger partial charge in [-0.25, -0.2) is 4.99 Å². The molecule has 1 heterocycles. The van der Waals surface area contributed by atoms with E-state index in [1.165, 1.54) is 19.5 Å². The van der Waals surface area contributed by atoms with E-state index in [0.29, 0.717) is 0 Å². The summed E-state index contributed by atoms with van der Waals surface area (Å²) in [4.78, 5) is 20.1. The van der Waals surface area contributed by atoms with E-state index in [2.05, 4.69) is 34.4 Å². The Balaban J connectivity index is 0.00000529. The van der Waals surface area contributed by atoms with Crippen molar-refractivity contribution >= 4 is 35.8 Å². The van der Waals surface area contributed by atoms with Gasteiger partial charge in [0.05, 0.1) is 0 Å². The molecule has 1 amide bonds.